The second kappa shape index (κ2) is 8.75. The summed E-state index contributed by atoms with van der Waals surface area (Å²) in [7, 11) is 0. The number of ether oxygens (including phenoxy) is 2. The molecule has 2 aromatic rings. The van der Waals surface area contributed by atoms with Crippen LogP contribution in [0.3, 0.4) is 0 Å². The molecule has 7 nitrogen and oxygen atoms in total. The van der Waals surface area contributed by atoms with E-state index in [1.807, 2.05) is 0 Å². The molecule has 1 aromatic carbocycles. The molecule has 1 fully saturated rings. The number of alkyl halides is 2. The lowest BCUT2D eigenvalue weighted by molar-refractivity contribution is -0.0500. The summed E-state index contributed by atoms with van der Waals surface area (Å²) in [5, 5.41) is 3.05. The summed E-state index contributed by atoms with van der Waals surface area (Å²) in [5.74, 6) is -0.583. The van der Waals surface area contributed by atoms with Crippen LogP contribution in [0.25, 0.3) is 0 Å². The summed E-state index contributed by atoms with van der Waals surface area (Å²) < 4.78 is 49.2. The Labute approximate surface area is 180 Å². The molecule has 2 atom stereocenters. The number of pyridine rings is 1. The Bertz CT molecular complexity index is 1010. The van der Waals surface area contributed by atoms with Crippen molar-refractivity contribution in [3.8, 4) is 5.75 Å². The van der Waals surface area contributed by atoms with Crippen LogP contribution in [0.15, 0.2) is 41.5 Å². The number of rotatable bonds is 5. The van der Waals surface area contributed by atoms with Gasteiger partial charge in [-0.1, -0.05) is 11.8 Å². The Balaban J connectivity index is 1.59. The summed E-state index contributed by atoms with van der Waals surface area (Å²) in [6.07, 6.45) is 1.50. The number of anilines is 1. The normalized spacial score (nSPS) is 23.1. The lowest BCUT2D eigenvalue weighted by atomic mass is 9.75. The summed E-state index contributed by atoms with van der Waals surface area (Å²) in [6, 6.07) is 6.72. The monoisotopic (exact) mass is 452 g/mol. The number of nitrogens with two attached hydrogens (primary N) is 1. The first-order valence-electron chi connectivity index (χ1n) is 9.45. The van der Waals surface area contributed by atoms with E-state index in [9.17, 15) is 18.0 Å². The predicted octanol–water partition coefficient (Wildman–Crippen LogP) is 3.37. The van der Waals surface area contributed by atoms with Gasteiger partial charge in [-0.3, -0.25) is 9.79 Å². The van der Waals surface area contributed by atoms with Crippen LogP contribution in [-0.2, 0) is 10.3 Å². The number of amidine groups is 1. The molecular weight excluding hydrogens is 433 g/mol. The van der Waals surface area contributed by atoms with E-state index >= 15 is 0 Å². The van der Waals surface area contributed by atoms with Crippen LogP contribution in [0.4, 0.5) is 18.9 Å². The Morgan fingerprint density at radius 2 is 2.19 bits per heavy atom. The summed E-state index contributed by atoms with van der Waals surface area (Å²) >= 11 is 1.41. The molecule has 0 spiro atoms. The average molecular weight is 452 g/mol. The van der Waals surface area contributed by atoms with Crippen LogP contribution in [0, 0.1) is 11.7 Å². The Hall–Kier alpha value is -2.79. The number of hydrogen-bond acceptors (Lipinski definition) is 7. The Kier molecular flexibility index (Phi) is 6.05. The number of nitrogens with zero attached hydrogens (tertiary/aromatic N) is 2. The van der Waals surface area contributed by atoms with Crippen LogP contribution in [0.1, 0.15) is 22.5 Å². The van der Waals surface area contributed by atoms with Gasteiger partial charge in [-0.05, 0) is 30.3 Å². The molecule has 0 bridgehead atoms. The van der Waals surface area contributed by atoms with Gasteiger partial charge in [0.2, 0.25) is 0 Å². The third kappa shape index (κ3) is 4.47. The molecule has 0 saturated carbocycles. The van der Waals surface area contributed by atoms with Crippen molar-refractivity contribution < 1.29 is 27.4 Å². The highest BCUT2D eigenvalue weighted by Crippen LogP contribution is 2.46. The van der Waals surface area contributed by atoms with Gasteiger partial charge < -0.3 is 20.5 Å². The van der Waals surface area contributed by atoms with Crippen molar-refractivity contribution in [1.29, 1.82) is 0 Å². The minimum Gasteiger partial charge on any atom is -0.433 e. The average Bonchev–Trinajstić information content (AvgIpc) is 2.75. The Morgan fingerprint density at radius 3 is 2.94 bits per heavy atom. The van der Waals surface area contributed by atoms with Crippen LogP contribution in [0.5, 0.6) is 5.75 Å². The number of hydrogen-bond donors (Lipinski definition) is 2. The van der Waals surface area contributed by atoms with Crippen molar-refractivity contribution in [1.82, 2.24) is 4.98 Å². The third-order valence-electron chi connectivity index (χ3n) is 5.25. The van der Waals surface area contributed by atoms with Gasteiger partial charge in [0.1, 0.15) is 17.3 Å². The first kappa shape index (κ1) is 21.4. The maximum atomic E-state index is 14.9. The topological polar surface area (TPSA) is 98.8 Å². The number of aliphatic imine (C=N–C) groups is 1. The molecule has 0 unspecified atom stereocenters. The Morgan fingerprint density at radius 1 is 1.35 bits per heavy atom. The summed E-state index contributed by atoms with van der Waals surface area (Å²) in [4.78, 5) is 21.0. The van der Waals surface area contributed by atoms with E-state index in [2.05, 4.69) is 20.0 Å². The number of halogens is 3. The molecule has 3 N–H and O–H groups in total. The molecule has 164 valence electrons. The zero-order chi connectivity index (χ0) is 22.0. The van der Waals surface area contributed by atoms with E-state index in [4.69, 9.17) is 10.5 Å². The molecule has 2 aliphatic heterocycles. The van der Waals surface area contributed by atoms with Gasteiger partial charge in [0.15, 0.2) is 5.17 Å². The molecule has 1 saturated heterocycles. The molecule has 31 heavy (non-hydrogen) atoms. The van der Waals surface area contributed by atoms with Crippen molar-refractivity contribution in [2.45, 2.75) is 18.6 Å². The van der Waals surface area contributed by atoms with Gasteiger partial charge >= 0.3 is 6.61 Å². The van der Waals surface area contributed by atoms with Gasteiger partial charge in [-0.25, -0.2) is 9.37 Å². The number of nitrogens with one attached hydrogen (secondary N) is 1. The van der Waals surface area contributed by atoms with E-state index in [0.29, 0.717) is 41.8 Å². The maximum absolute atomic E-state index is 14.9. The van der Waals surface area contributed by atoms with Gasteiger partial charge in [0.05, 0.1) is 18.3 Å². The van der Waals surface area contributed by atoms with Crippen molar-refractivity contribution in [3.63, 3.8) is 0 Å². The van der Waals surface area contributed by atoms with Crippen molar-refractivity contribution >= 4 is 28.5 Å². The molecule has 2 aliphatic rings. The molecular formula is C20H19F3N4O3S. The quantitative estimate of drug-likeness (QED) is 0.722. The lowest BCUT2D eigenvalue weighted by Crippen LogP contribution is -2.47. The second-order valence-electron chi connectivity index (χ2n) is 7.11. The fourth-order valence-corrected chi connectivity index (χ4v) is 4.75. The zero-order valence-electron chi connectivity index (χ0n) is 16.2. The number of thioether (sulfide) groups is 1. The standard InChI is InChI=1S/C20H19F3N4O3S/c21-15-3-1-12(26-17(28)16-4-2-13(8-25-16)30-18(22)23)7-14(15)20-5-6-29-9-11(20)10-31-19(24)27-20/h1-4,7-8,11,18H,5-6,9-10H2,(H2,24,27)(H,26,28)/t11-,20-/m0/s1. The van der Waals surface area contributed by atoms with E-state index in [0.717, 1.165) is 6.20 Å². The van der Waals surface area contributed by atoms with Crippen LogP contribution in [0.2, 0.25) is 0 Å². The van der Waals surface area contributed by atoms with E-state index in [-0.39, 0.29) is 17.4 Å². The number of carbonyl (C=O) groups excluding carboxylic acids is 1. The largest absolute Gasteiger partial charge is 0.433 e. The van der Waals surface area contributed by atoms with Crippen molar-refractivity contribution in [2.75, 3.05) is 24.3 Å². The van der Waals surface area contributed by atoms with E-state index in [1.165, 1.54) is 36.0 Å². The molecule has 3 heterocycles. The number of carbonyl (C=O) groups is 1. The SMILES string of the molecule is NC1=N[C@@]2(c3cc(NC(=O)c4ccc(OC(F)F)cn4)ccc3F)CCOC[C@H]2CS1. The molecule has 4 rings (SSSR count). The first-order chi connectivity index (χ1) is 14.9. The summed E-state index contributed by atoms with van der Waals surface area (Å²) in [5.41, 5.74) is 5.79. The van der Waals surface area contributed by atoms with E-state index in [1.54, 1.807) is 6.07 Å². The van der Waals surface area contributed by atoms with Crippen LogP contribution < -0.4 is 15.8 Å². The fourth-order valence-electron chi connectivity index (χ4n) is 3.78. The van der Waals surface area contributed by atoms with Gasteiger partial charge in [-0.15, -0.1) is 0 Å². The van der Waals surface area contributed by atoms with Crippen LogP contribution >= 0.6 is 11.8 Å². The van der Waals surface area contributed by atoms with E-state index < -0.39 is 23.9 Å². The highest BCUT2D eigenvalue weighted by Gasteiger charge is 2.47. The lowest BCUT2D eigenvalue weighted by Gasteiger charge is -2.44. The smallest absolute Gasteiger partial charge is 0.387 e. The molecule has 1 aromatic heterocycles. The molecule has 0 radical (unpaired) electrons. The highest BCUT2D eigenvalue weighted by molar-refractivity contribution is 8.13. The van der Waals surface area contributed by atoms with Gasteiger partial charge in [0, 0.05) is 35.9 Å². The number of fused-ring (bicyclic) bond motifs is 1. The predicted molar refractivity (Wildman–Crippen MR) is 110 cm³/mol. The minimum atomic E-state index is -2.98. The number of amides is 1. The second-order valence-corrected chi connectivity index (χ2v) is 8.15. The minimum absolute atomic E-state index is 0.00840. The van der Waals surface area contributed by atoms with Crippen molar-refractivity contribution in [2.24, 2.45) is 16.6 Å². The zero-order valence-corrected chi connectivity index (χ0v) is 17.0. The number of aromatic nitrogens is 1. The van der Waals surface area contributed by atoms with Gasteiger partial charge in [-0.2, -0.15) is 8.78 Å². The third-order valence-corrected chi connectivity index (χ3v) is 6.20. The van der Waals surface area contributed by atoms with Gasteiger partial charge in [0.25, 0.3) is 5.91 Å². The highest BCUT2D eigenvalue weighted by atomic mass is 32.2. The number of benzene rings is 1. The maximum Gasteiger partial charge on any atom is 0.387 e. The fraction of sp³-hybridized carbons (Fsp3) is 0.350. The molecule has 0 aliphatic carbocycles. The molecule has 1 amide bonds. The first-order valence-corrected chi connectivity index (χ1v) is 10.4. The molecule has 11 heteroatoms. The van der Waals surface area contributed by atoms with Crippen molar-refractivity contribution in [3.05, 3.63) is 53.6 Å². The van der Waals surface area contributed by atoms with Crippen LogP contribution in [-0.4, -0.2) is 41.6 Å². The summed E-state index contributed by atoms with van der Waals surface area (Å²) in [6.45, 7) is -2.12.